The Hall–Kier alpha value is -0.790. The third-order valence-corrected chi connectivity index (χ3v) is 3.39. The topological polar surface area (TPSA) is 113 Å². The Bertz CT molecular complexity index is 248. The third-order valence-electron chi connectivity index (χ3n) is 2.40. The van der Waals surface area contributed by atoms with E-state index in [4.69, 9.17) is 15.9 Å². The second-order valence-corrected chi connectivity index (χ2v) is 4.87. The molecule has 100 valence electrons. The number of amides is 2. The van der Waals surface area contributed by atoms with E-state index in [2.05, 4.69) is 5.32 Å². The Morgan fingerprint density at radius 1 is 1.35 bits per heavy atom. The molecular formula is C10H20N2O4S. The maximum absolute atomic E-state index is 11.5. The van der Waals surface area contributed by atoms with Crippen molar-refractivity contribution in [1.29, 1.82) is 0 Å². The van der Waals surface area contributed by atoms with Crippen LogP contribution in [0.4, 0.5) is 0 Å². The first-order valence-corrected chi connectivity index (χ1v) is 6.54. The zero-order chi connectivity index (χ0) is 13.3. The fourth-order valence-electron chi connectivity index (χ4n) is 1.14. The van der Waals surface area contributed by atoms with Crippen LogP contribution in [0.1, 0.15) is 19.8 Å². The van der Waals surface area contributed by atoms with Gasteiger partial charge in [0.1, 0.15) is 0 Å². The molecule has 0 atom stereocenters. The molecule has 2 amide bonds. The molecular weight excluding hydrogens is 244 g/mol. The van der Waals surface area contributed by atoms with E-state index in [1.165, 1.54) is 11.8 Å². The lowest BCUT2D eigenvalue weighted by atomic mass is 9.98. The average molecular weight is 264 g/mol. The number of aliphatic hydroxyl groups excluding tert-OH is 2. The molecule has 0 aromatic carbocycles. The van der Waals surface area contributed by atoms with Crippen molar-refractivity contribution in [2.45, 2.75) is 25.3 Å². The van der Waals surface area contributed by atoms with Crippen LogP contribution in [0.15, 0.2) is 0 Å². The maximum Gasteiger partial charge on any atom is 0.227 e. The lowest BCUT2D eigenvalue weighted by Gasteiger charge is -2.29. The van der Waals surface area contributed by atoms with Gasteiger partial charge in [0.15, 0.2) is 0 Å². The van der Waals surface area contributed by atoms with Gasteiger partial charge in [-0.05, 0) is 6.42 Å². The third kappa shape index (κ3) is 6.50. The molecule has 5 N–H and O–H groups in total. The minimum absolute atomic E-state index is 0.187. The normalized spacial score (nSPS) is 11.2. The van der Waals surface area contributed by atoms with Crippen LogP contribution in [0.25, 0.3) is 0 Å². The summed E-state index contributed by atoms with van der Waals surface area (Å²) in [7, 11) is 0. The van der Waals surface area contributed by atoms with Gasteiger partial charge < -0.3 is 21.3 Å². The molecule has 0 fully saturated rings. The second kappa shape index (κ2) is 8.32. The number of nitrogens with two attached hydrogens (primary N) is 1. The SMILES string of the molecule is CCC(CO)(CO)NC(=O)CCSCC(N)=O. The largest absolute Gasteiger partial charge is 0.394 e. The predicted molar refractivity (Wildman–Crippen MR) is 66.5 cm³/mol. The van der Waals surface area contributed by atoms with Gasteiger partial charge in [-0.3, -0.25) is 9.59 Å². The molecule has 0 bridgehead atoms. The van der Waals surface area contributed by atoms with Crippen LogP contribution >= 0.6 is 11.8 Å². The van der Waals surface area contributed by atoms with E-state index in [1.807, 2.05) is 0 Å². The highest BCUT2D eigenvalue weighted by Crippen LogP contribution is 2.09. The standard InChI is InChI=1S/C10H20N2O4S/c1-2-10(6-13,7-14)12-9(16)3-4-17-5-8(11)15/h13-14H,2-7H2,1H3,(H2,11,15)(H,12,16). The van der Waals surface area contributed by atoms with Gasteiger partial charge in [0.05, 0.1) is 24.5 Å². The number of aliphatic hydroxyl groups is 2. The Morgan fingerprint density at radius 3 is 2.35 bits per heavy atom. The molecule has 0 aromatic rings. The number of carbonyl (C=O) groups excluding carboxylic acids is 2. The van der Waals surface area contributed by atoms with Crippen molar-refractivity contribution in [3.05, 3.63) is 0 Å². The van der Waals surface area contributed by atoms with Crippen LogP contribution in [0.2, 0.25) is 0 Å². The number of nitrogens with one attached hydrogen (secondary N) is 1. The van der Waals surface area contributed by atoms with Gasteiger partial charge in [0.25, 0.3) is 0 Å². The monoisotopic (exact) mass is 264 g/mol. The minimum atomic E-state index is -0.953. The molecule has 0 aromatic heterocycles. The summed E-state index contributed by atoms with van der Waals surface area (Å²) in [5.41, 5.74) is 4.00. The van der Waals surface area contributed by atoms with E-state index in [-0.39, 0.29) is 31.3 Å². The summed E-state index contributed by atoms with van der Waals surface area (Å²) in [5.74, 6) is -0.00611. The summed E-state index contributed by atoms with van der Waals surface area (Å²) in [4.78, 5) is 22.0. The van der Waals surface area contributed by atoms with Crippen molar-refractivity contribution in [2.24, 2.45) is 5.73 Å². The molecule has 17 heavy (non-hydrogen) atoms. The molecule has 0 aliphatic heterocycles. The molecule has 0 saturated carbocycles. The van der Waals surface area contributed by atoms with Crippen molar-refractivity contribution in [1.82, 2.24) is 5.32 Å². The van der Waals surface area contributed by atoms with E-state index in [0.29, 0.717) is 12.2 Å². The van der Waals surface area contributed by atoms with Crippen LogP contribution in [0.3, 0.4) is 0 Å². The molecule has 7 heteroatoms. The molecule has 0 spiro atoms. The number of hydrogen-bond donors (Lipinski definition) is 4. The van der Waals surface area contributed by atoms with Crippen LogP contribution in [0, 0.1) is 0 Å². The summed E-state index contributed by atoms with van der Waals surface area (Å²) >= 11 is 1.28. The van der Waals surface area contributed by atoms with E-state index in [9.17, 15) is 9.59 Å². The average Bonchev–Trinajstić information content (AvgIpc) is 2.32. The fourth-order valence-corrected chi connectivity index (χ4v) is 1.81. The Kier molecular flexibility index (Phi) is 7.94. The Labute approximate surface area is 105 Å². The van der Waals surface area contributed by atoms with Gasteiger partial charge in [0.2, 0.25) is 11.8 Å². The van der Waals surface area contributed by atoms with Gasteiger partial charge in [-0.15, -0.1) is 0 Å². The highest BCUT2D eigenvalue weighted by atomic mass is 32.2. The van der Waals surface area contributed by atoms with Crippen molar-refractivity contribution >= 4 is 23.6 Å². The molecule has 0 rings (SSSR count). The maximum atomic E-state index is 11.5. The van der Waals surface area contributed by atoms with E-state index in [1.54, 1.807) is 6.92 Å². The summed E-state index contributed by atoms with van der Waals surface area (Å²) in [6.07, 6.45) is 0.667. The molecule has 0 heterocycles. The van der Waals surface area contributed by atoms with Crippen molar-refractivity contribution in [3.8, 4) is 0 Å². The smallest absolute Gasteiger partial charge is 0.227 e. The van der Waals surface area contributed by atoms with Crippen LogP contribution in [0.5, 0.6) is 0 Å². The number of thioether (sulfide) groups is 1. The zero-order valence-electron chi connectivity index (χ0n) is 9.94. The van der Waals surface area contributed by atoms with E-state index in [0.717, 1.165) is 0 Å². The molecule has 0 saturated heterocycles. The molecule has 0 radical (unpaired) electrons. The van der Waals surface area contributed by atoms with E-state index >= 15 is 0 Å². The lowest BCUT2D eigenvalue weighted by Crippen LogP contribution is -2.53. The summed E-state index contributed by atoms with van der Waals surface area (Å²) < 4.78 is 0. The molecule has 0 aliphatic carbocycles. The number of primary amides is 1. The Balaban J connectivity index is 3.95. The Morgan fingerprint density at radius 2 is 1.94 bits per heavy atom. The lowest BCUT2D eigenvalue weighted by molar-refractivity contribution is -0.124. The van der Waals surface area contributed by atoms with Gasteiger partial charge in [-0.2, -0.15) is 11.8 Å². The second-order valence-electron chi connectivity index (χ2n) is 3.77. The highest BCUT2D eigenvalue weighted by molar-refractivity contribution is 7.99. The van der Waals surface area contributed by atoms with Crippen molar-refractivity contribution in [2.75, 3.05) is 24.7 Å². The van der Waals surface area contributed by atoms with Crippen molar-refractivity contribution < 1.29 is 19.8 Å². The first-order chi connectivity index (χ1) is 7.99. The first-order valence-electron chi connectivity index (χ1n) is 5.38. The number of carbonyl (C=O) groups is 2. The quantitative estimate of drug-likeness (QED) is 0.393. The molecule has 0 aliphatic rings. The molecule has 6 nitrogen and oxygen atoms in total. The van der Waals surface area contributed by atoms with Gasteiger partial charge in [-0.25, -0.2) is 0 Å². The van der Waals surface area contributed by atoms with E-state index < -0.39 is 11.4 Å². The number of hydrogen-bond acceptors (Lipinski definition) is 5. The van der Waals surface area contributed by atoms with Gasteiger partial charge >= 0.3 is 0 Å². The van der Waals surface area contributed by atoms with Gasteiger partial charge in [-0.1, -0.05) is 6.92 Å². The van der Waals surface area contributed by atoms with Crippen LogP contribution < -0.4 is 11.1 Å². The van der Waals surface area contributed by atoms with Crippen molar-refractivity contribution in [3.63, 3.8) is 0 Å². The fraction of sp³-hybridized carbons (Fsp3) is 0.800. The first kappa shape index (κ1) is 16.2. The minimum Gasteiger partial charge on any atom is -0.394 e. The number of rotatable bonds is 9. The van der Waals surface area contributed by atoms with Crippen LogP contribution in [-0.2, 0) is 9.59 Å². The highest BCUT2D eigenvalue weighted by Gasteiger charge is 2.28. The summed E-state index contributed by atoms with van der Waals surface area (Å²) in [6, 6.07) is 0. The van der Waals surface area contributed by atoms with Crippen LogP contribution in [-0.4, -0.2) is 52.3 Å². The zero-order valence-corrected chi connectivity index (χ0v) is 10.8. The summed E-state index contributed by atoms with van der Waals surface area (Å²) in [5, 5.41) is 20.9. The summed E-state index contributed by atoms with van der Waals surface area (Å²) in [6.45, 7) is 1.16. The van der Waals surface area contributed by atoms with Gasteiger partial charge in [0, 0.05) is 12.2 Å². The molecule has 0 unspecified atom stereocenters. The predicted octanol–water partition coefficient (Wildman–Crippen LogP) is -1.16.